The Balaban J connectivity index is 2.49. The quantitative estimate of drug-likeness (QED) is 0.697. The Morgan fingerprint density at radius 1 is 1.50 bits per heavy atom. The fraction of sp³-hybridized carbons (Fsp3) is 0.571. The molecular formula is C7H8F3NO. The highest BCUT2D eigenvalue weighted by atomic mass is 19.4. The van der Waals surface area contributed by atoms with Crippen molar-refractivity contribution < 1.29 is 17.7 Å². The first kappa shape index (κ1) is 9.09. The van der Waals surface area contributed by atoms with Crippen LogP contribution in [0.25, 0.3) is 0 Å². The average molecular weight is 179 g/mol. The highest BCUT2D eigenvalue weighted by Gasteiger charge is 2.27. The molecule has 0 saturated carbocycles. The maximum absolute atomic E-state index is 11.7. The molecule has 2 nitrogen and oxygen atoms in total. The van der Waals surface area contributed by atoms with Gasteiger partial charge in [0.05, 0.1) is 5.69 Å². The van der Waals surface area contributed by atoms with Gasteiger partial charge < -0.3 is 4.52 Å². The number of hydrogen-bond donors (Lipinski definition) is 0. The molecule has 68 valence electrons. The Morgan fingerprint density at radius 3 is 2.58 bits per heavy atom. The van der Waals surface area contributed by atoms with E-state index in [4.69, 9.17) is 0 Å². The third kappa shape index (κ3) is 2.56. The zero-order valence-electron chi connectivity index (χ0n) is 6.48. The number of hydrogen-bond acceptors (Lipinski definition) is 2. The fourth-order valence-corrected chi connectivity index (χ4v) is 0.812. The Bertz CT molecular complexity index is 253. The van der Waals surface area contributed by atoms with Gasteiger partial charge in [-0.05, 0) is 6.92 Å². The number of aryl methyl sites for hydroxylation is 2. The van der Waals surface area contributed by atoms with Crippen LogP contribution in [0.5, 0.6) is 0 Å². The lowest BCUT2D eigenvalue weighted by molar-refractivity contribution is -0.134. The van der Waals surface area contributed by atoms with E-state index in [1.807, 2.05) is 0 Å². The fourth-order valence-electron chi connectivity index (χ4n) is 0.812. The molecule has 0 amide bonds. The van der Waals surface area contributed by atoms with E-state index in [0.29, 0.717) is 11.3 Å². The first-order valence-corrected chi connectivity index (χ1v) is 3.45. The summed E-state index contributed by atoms with van der Waals surface area (Å²) in [4.78, 5) is 0. The molecule has 0 aliphatic rings. The molecule has 0 bridgehead atoms. The van der Waals surface area contributed by atoms with Gasteiger partial charge in [0, 0.05) is 18.4 Å². The second kappa shape index (κ2) is 3.16. The molecule has 1 heterocycles. The van der Waals surface area contributed by atoms with Crippen LogP contribution in [0.2, 0.25) is 0 Å². The molecule has 1 aromatic rings. The molecular weight excluding hydrogens is 171 g/mol. The van der Waals surface area contributed by atoms with Crippen LogP contribution >= 0.6 is 0 Å². The summed E-state index contributed by atoms with van der Waals surface area (Å²) in [7, 11) is 0. The number of rotatable bonds is 2. The van der Waals surface area contributed by atoms with E-state index in [0.717, 1.165) is 0 Å². The Kier molecular flexibility index (Phi) is 2.40. The van der Waals surface area contributed by atoms with Gasteiger partial charge in [-0.3, -0.25) is 0 Å². The van der Waals surface area contributed by atoms with Gasteiger partial charge >= 0.3 is 6.18 Å². The van der Waals surface area contributed by atoms with Crippen molar-refractivity contribution in [3.05, 3.63) is 17.5 Å². The molecule has 1 aromatic heterocycles. The Hall–Kier alpha value is -1.00. The molecule has 12 heavy (non-hydrogen) atoms. The van der Waals surface area contributed by atoms with Gasteiger partial charge in [-0.2, -0.15) is 13.2 Å². The minimum absolute atomic E-state index is 0.105. The van der Waals surface area contributed by atoms with Crippen LogP contribution in [0.3, 0.4) is 0 Å². The van der Waals surface area contributed by atoms with Gasteiger partial charge in [0.25, 0.3) is 0 Å². The van der Waals surface area contributed by atoms with Crippen molar-refractivity contribution in [2.45, 2.75) is 25.9 Å². The van der Waals surface area contributed by atoms with Gasteiger partial charge in [0.15, 0.2) is 0 Å². The molecule has 0 radical (unpaired) electrons. The van der Waals surface area contributed by atoms with Crippen LogP contribution in [0.1, 0.15) is 17.7 Å². The molecule has 0 fully saturated rings. The molecule has 1 rings (SSSR count). The van der Waals surface area contributed by atoms with Gasteiger partial charge in [-0.15, -0.1) is 0 Å². The monoisotopic (exact) mass is 179 g/mol. The topological polar surface area (TPSA) is 26.0 Å². The first-order valence-electron chi connectivity index (χ1n) is 3.45. The standard InChI is InChI=1S/C7H8F3NO/c1-5-4-12-11-6(5)2-3-7(8,9)10/h4H,2-3H2,1H3. The summed E-state index contributed by atoms with van der Waals surface area (Å²) in [5.41, 5.74) is 1.05. The number of aromatic nitrogens is 1. The van der Waals surface area contributed by atoms with Crippen molar-refractivity contribution in [2.24, 2.45) is 0 Å². The van der Waals surface area contributed by atoms with Crippen molar-refractivity contribution in [1.29, 1.82) is 0 Å². The summed E-state index contributed by atoms with van der Waals surface area (Å²) in [6, 6.07) is 0. The summed E-state index contributed by atoms with van der Waals surface area (Å²) in [5, 5.41) is 3.44. The Labute approximate surface area is 67.4 Å². The van der Waals surface area contributed by atoms with E-state index in [9.17, 15) is 13.2 Å². The second-order valence-corrected chi connectivity index (χ2v) is 2.56. The summed E-state index contributed by atoms with van der Waals surface area (Å²) < 4.78 is 39.7. The van der Waals surface area contributed by atoms with Crippen molar-refractivity contribution in [3.63, 3.8) is 0 Å². The lowest BCUT2D eigenvalue weighted by atomic mass is 10.2. The maximum atomic E-state index is 11.7. The number of nitrogens with zero attached hydrogens (tertiary/aromatic N) is 1. The van der Waals surface area contributed by atoms with Gasteiger partial charge in [-0.25, -0.2) is 0 Å². The lowest BCUT2D eigenvalue weighted by Crippen LogP contribution is -2.09. The first-order chi connectivity index (χ1) is 5.49. The van der Waals surface area contributed by atoms with E-state index in [2.05, 4.69) is 9.68 Å². The van der Waals surface area contributed by atoms with E-state index in [1.54, 1.807) is 6.92 Å². The van der Waals surface area contributed by atoms with E-state index in [1.165, 1.54) is 6.26 Å². The van der Waals surface area contributed by atoms with Gasteiger partial charge in [-0.1, -0.05) is 5.16 Å². The maximum Gasteiger partial charge on any atom is 0.389 e. The van der Waals surface area contributed by atoms with E-state index < -0.39 is 12.6 Å². The second-order valence-electron chi connectivity index (χ2n) is 2.56. The minimum Gasteiger partial charge on any atom is -0.364 e. The zero-order valence-corrected chi connectivity index (χ0v) is 6.48. The molecule has 0 aliphatic heterocycles. The lowest BCUT2D eigenvalue weighted by Gasteiger charge is -2.03. The summed E-state index contributed by atoms with van der Waals surface area (Å²) in [5.74, 6) is 0. The van der Waals surface area contributed by atoms with Crippen molar-refractivity contribution in [2.75, 3.05) is 0 Å². The van der Waals surface area contributed by atoms with E-state index >= 15 is 0 Å². The van der Waals surface area contributed by atoms with Crippen LogP contribution in [0.15, 0.2) is 10.8 Å². The van der Waals surface area contributed by atoms with E-state index in [-0.39, 0.29) is 6.42 Å². The minimum atomic E-state index is -4.12. The van der Waals surface area contributed by atoms with Crippen LogP contribution in [-0.2, 0) is 6.42 Å². The van der Waals surface area contributed by atoms with Gasteiger partial charge in [0.1, 0.15) is 6.26 Å². The zero-order chi connectivity index (χ0) is 9.19. The largest absolute Gasteiger partial charge is 0.389 e. The molecule has 0 atom stereocenters. The third-order valence-electron chi connectivity index (χ3n) is 1.49. The number of halogens is 3. The third-order valence-corrected chi connectivity index (χ3v) is 1.49. The molecule has 0 aromatic carbocycles. The highest BCUT2D eigenvalue weighted by Crippen LogP contribution is 2.22. The number of alkyl halides is 3. The predicted molar refractivity (Wildman–Crippen MR) is 35.6 cm³/mol. The van der Waals surface area contributed by atoms with Crippen LogP contribution in [0.4, 0.5) is 13.2 Å². The molecule has 0 spiro atoms. The molecule has 0 aliphatic carbocycles. The summed E-state index contributed by atoms with van der Waals surface area (Å²) in [6.07, 6.45) is -3.73. The van der Waals surface area contributed by atoms with Crippen LogP contribution in [0, 0.1) is 6.92 Å². The molecule has 0 unspecified atom stereocenters. The smallest absolute Gasteiger partial charge is 0.364 e. The van der Waals surface area contributed by atoms with Crippen molar-refractivity contribution in [1.82, 2.24) is 5.16 Å². The molecule has 0 saturated heterocycles. The normalized spacial score (nSPS) is 12.0. The SMILES string of the molecule is Cc1conc1CCC(F)(F)F. The van der Waals surface area contributed by atoms with Gasteiger partial charge in [0.2, 0.25) is 0 Å². The molecule has 5 heteroatoms. The molecule has 0 N–H and O–H groups in total. The van der Waals surface area contributed by atoms with Crippen LogP contribution < -0.4 is 0 Å². The average Bonchev–Trinajstić information content (AvgIpc) is 2.29. The predicted octanol–water partition coefficient (Wildman–Crippen LogP) is 2.48. The van der Waals surface area contributed by atoms with Crippen LogP contribution in [-0.4, -0.2) is 11.3 Å². The summed E-state index contributed by atoms with van der Waals surface area (Å²) in [6.45, 7) is 1.67. The Morgan fingerprint density at radius 2 is 2.17 bits per heavy atom. The highest BCUT2D eigenvalue weighted by molar-refractivity contribution is 5.11. The van der Waals surface area contributed by atoms with Crippen molar-refractivity contribution >= 4 is 0 Å². The van der Waals surface area contributed by atoms with Crippen molar-refractivity contribution in [3.8, 4) is 0 Å². The summed E-state index contributed by atoms with van der Waals surface area (Å²) >= 11 is 0.